The number of nitrogens with one attached hydrogen (secondary N) is 1. The van der Waals surface area contributed by atoms with Crippen molar-refractivity contribution in [1.82, 2.24) is 5.32 Å². The molecule has 14 heteroatoms. The van der Waals surface area contributed by atoms with E-state index in [2.05, 4.69) is 51.9 Å². The van der Waals surface area contributed by atoms with Crippen LogP contribution in [0.15, 0.2) is 187 Å². The Kier molecular flexibility index (Phi) is 29.9. The Labute approximate surface area is 463 Å². The molecule has 6 aliphatic heterocycles. The molecule has 0 spiro atoms. The van der Waals surface area contributed by atoms with E-state index in [1.807, 2.05) is 182 Å². The van der Waals surface area contributed by atoms with Crippen LogP contribution in [0.25, 0.3) is 0 Å². The van der Waals surface area contributed by atoms with E-state index in [0.717, 1.165) is 85.0 Å². The van der Waals surface area contributed by atoms with Gasteiger partial charge in [-0.2, -0.15) is 0 Å². The molecule has 0 amide bonds. The Bertz CT molecular complexity index is 2080. The Hall–Kier alpha value is -6.49. The van der Waals surface area contributed by atoms with Crippen molar-refractivity contribution in [3.05, 3.63) is 188 Å². The highest BCUT2D eigenvalue weighted by molar-refractivity contribution is 6.00. The van der Waals surface area contributed by atoms with Crippen LogP contribution < -0.4 is 29.0 Å². The fourth-order valence-corrected chi connectivity index (χ4v) is 6.00. The largest absolute Gasteiger partial charge is 0.491 e. The molecule has 0 bridgehead atoms. The van der Waals surface area contributed by atoms with Gasteiger partial charge in [-0.15, -0.1) is 0 Å². The Morgan fingerprint density at radius 1 is 0.385 bits per heavy atom. The number of amidine groups is 1. The van der Waals surface area contributed by atoms with Gasteiger partial charge in [0.15, 0.2) is 0 Å². The molecule has 14 nitrogen and oxygen atoms in total. The lowest BCUT2D eigenvalue weighted by Gasteiger charge is -2.13. The van der Waals surface area contributed by atoms with Gasteiger partial charge < -0.3 is 62.9 Å². The van der Waals surface area contributed by atoms with Crippen LogP contribution in [0, 0.1) is 11.8 Å². The van der Waals surface area contributed by atoms with Gasteiger partial charge in [0, 0.05) is 5.56 Å². The van der Waals surface area contributed by atoms with E-state index in [0.29, 0.717) is 63.6 Å². The molecule has 0 saturated carbocycles. The fraction of sp³-hybridized carbons (Fsp3) is 0.422. The molecule has 3 N–H and O–H groups in total. The van der Waals surface area contributed by atoms with Crippen LogP contribution in [0.3, 0.4) is 0 Å². The number of aliphatic imine (C=N–C) groups is 1. The van der Waals surface area contributed by atoms with Crippen LogP contribution >= 0.6 is 0 Å². The van der Waals surface area contributed by atoms with Gasteiger partial charge in [0.05, 0.1) is 58.3 Å². The molecule has 422 valence electrons. The minimum atomic E-state index is -0.245. The molecule has 5 fully saturated rings. The summed E-state index contributed by atoms with van der Waals surface area (Å²) in [7, 11) is 0. The minimum absolute atomic E-state index is 0.0228. The first-order valence-corrected chi connectivity index (χ1v) is 27.1. The third-order valence-corrected chi connectivity index (χ3v) is 10.4. The number of epoxide rings is 5. The summed E-state index contributed by atoms with van der Waals surface area (Å²) in [5.41, 5.74) is 0.979. The molecular formula is C64H84N2O12. The molecule has 7 atom stereocenters. The molecule has 78 heavy (non-hydrogen) atoms. The average molecular weight is 1070 g/mol. The molecule has 6 aromatic carbocycles. The van der Waals surface area contributed by atoms with Crippen LogP contribution in [0.5, 0.6) is 28.7 Å². The van der Waals surface area contributed by atoms with Gasteiger partial charge in [-0.05, 0) is 72.5 Å². The van der Waals surface area contributed by atoms with Crippen LogP contribution in [0.2, 0.25) is 0 Å². The molecule has 0 radical (unpaired) electrons. The van der Waals surface area contributed by atoms with Gasteiger partial charge in [0.1, 0.15) is 98.1 Å². The monoisotopic (exact) mass is 1070 g/mol. The number of hydrogen-bond donors (Lipinski definition) is 3. The first-order valence-electron chi connectivity index (χ1n) is 27.1. The Morgan fingerprint density at radius 2 is 0.603 bits per heavy atom. The molecule has 12 rings (SSSR count). The summed E-state index contributed by atoms with van der Waals surface area (Å²) in [5, 5.41) is 21.3. The van der Waals surface area contributed by atoms with Crippen molar-refractivity contribution < 1.29 is 57.6 Å². The highest BCUT2D eigenvalue weighted by Gasteiger charge is 2.28. The van der Waals surface area contributed by atoms with Crippen LogP contribution in [-0.2, 0) is 23.7 Å². The molecule has 5 saturated heterocycles. The van der Waals surface area contributed by atoms with Crippen molar-refractivity contribution >= 4 is 5.84 Å². The van der Waals surface area contributed by atoms with Gasteiger partial charge in [-0.3, -0.25) is 4.99 Å². The lowest BCUT2D eigenvalue weighted by atomic mass is 10.1. The summed E-state index contributed by atoms with van der Waals surface area (Å²) in [6, 6.07) is 58.2. The second-order valence-electron chi connectivity index (χ2n) is 19.9. The maximum Gasteiger partial charge on any atom is 0.129 e. The summed E-state index contributed by atoms with van der Waals surface area (Å²) < 4.78 is 52.1. The molecular weight excluding hydrogens is 989 g/mol. The maximum atomic E-state index is 9.09. The van der Waals surface area contributed by atoms with E-state index in [9.17, 15) is 0 Å². The SMILES string of the molecule is CC(C)C.CC(C)C.OCC1N=C(c2ccccc2)NC1CO.c1ccc(OCC2CO2)cc1.c1ccc(OCC2CO2)cc1.c1ccc(OCC2CO2)cc1.c1ccc(OCC2CO2)cc1.c1ccc(OCC2CO2)cc1. The number of aliphatic hydroxyl groups excluding tert-OH is 2. The van der Waals surface area contributed by atoms with Gasteiger partial charge in [0.2, 0.25) is 0 Å². The molecule has 6 aliphatic rings. The number of nitrogens with zero attached hydrogens (tertiary/aromatic N) is 1. The van der Waals surface area contributed by atoms with Gasteiger partial charge in [-0.25, -0.2) is 0 Å². The van der Waals surface area contributed by atoms with Crippen LogP contribution in [-0.4, -0.2) is 138 Å². The van der Waals surface area contributed by atoms with Crippen molar-refractivity contribution in [3.8, 4) is 28.7 Å². The van der Waals surface area contributed by atoms with Crippen LogP contribution in [0.4, 0.5) is 0 Å². The van der Waals surface area contributed by atoms with Crippen molar-refractivity contribution in [2.24, 2.45) is 16.8 Å². The zero-order valence-corrected chi connectivity index (χ0v) is 46.4. The number of ether oxygens (including phenoxy) is 10. The first kappa shape index (κ1) is 62.4. The van der Waals surface area contributed by atoms with Crippen molar-refractivity contribution in [2.45, 2.75) is 84.1 Å². The Balaban J connectivity index is 0.000000168. The molecule has 0 aliphatic carbocycles. The third kappa shape index (κ3) is 31.7. The highest BCUT2D eigenvalue weighted by Crippen LogP contribution is 2.18. The quantitative estimate of drug-likeness (QED) is 0.0695. The molecule has 7 unspecified atom stereocenters. The van der Waals surface area contributed by atoms with Gasteiger partial charge in [0.25, 0.3) is 0 Å². The third-order valence-electron chi connectivity index (χ3n) is 10.4. The van der Waals surface area contributed by atoms with Gasteiger partial charge >= 0.3 is 0 Å². The van der Waals surface area contributed by atoms with E-state index >= 15 is 0 Å². The topological polar surface area (TPSA) is 174 Å². The summed E-state index contributed by atoms with van der Waals surface area (Å²) in [5.74, 6) is 7.01. The molecule has 6 heterocycles. The Morgan fingerprint density at radius 3 is 0.782 bits per heavy atom. The van der Waals surface area contributed by atoms with Crippen molar-refractivity contribution in [2.75, 3.05) is 79.3 Å². The predicted octanol–water partition coefficient (Wildman–Crippen LogP) is 10.4. The van der Waals surface area contributed by atoms with Gasteiger partial charge in [-0.1, -0.05) is 163 Å². The molecule has 0 aromatic heterocycles. The summed E-state index contributed by atoms with van der Waals surface area (Å²) in [6.45, 7) is 20.6. The minimum Gasteiger partial charge on any atom is -0.491 e. The summed E-state index contributed by atoms with van der Waals surface area (Å²) in [6.07, 6.45) is 1.71. The van der Waals surface area contributed by atoms with Crippen molar-refractivity contribution in [1.29, 1.82) is 0 Å². The first-order chi connectivity index (χ1) is 38.1. The van der Waals surface area contributed by atoms with E-state index in [4.69, 9.17) is 57.6 Å². The van der Waals surface area contributed by atoms with E-state index in [1.165, 1.54) is 0 Å². The second kappa shape index (κ2) is 37.3. The number of hydrogen-bond acceptors (Lipinski definition) is 14. The van der Waals surface area contributed by atoms with E-state index in [-0.39, 0.29) is 25.3 Å². The highest BCUT2D eigenvalue weighted by atomic mass is 16.6. The summed E-state index contributed by atoms with van der Waals surface area (Å²) in [4.78, 5) is 4.32. The number of rotatable bonds is 18. The standard InChI is InChI=1S/C11H14N2O2.5C9H10O2.2C4H10/c14-6-9-10(7-15)13-11(12-9)8-4-2-1-3-5-8;5*1-2-4-8(5-3-1)10-6-9-7-11-9;2*1-4(2)3/h1-5,9-10,14-15H,6-7H2,(H,12,13);5*1-5,9H,6-7H2;2*4H,1-3H3. The van der Waals surface area contributed by atoms with E-state index < -0.39 is 0 Å². The zero-order chi connectivity index (χ0) is 55.4. The zero-order valence-electron chi connectivity index (χ0n) is 46.4. The van der Waals surface area contributed by atoms with Crippen molar-refractivity contribution in [3.63, 3.8) is 0 Å². The lowest BCUT2D eigenvalue weighted by Crippen LogP contribution is -2.39. The smallest absolute Gasteiger partial charge is 0.129 e. The average Bonchev–Trinajstić information content (AvgIpc) is 4.24. The normalized spacial score (nSPS) is 20.7. The maximum absolute atomic E-state index is 9.09. The molecule has 6 aromatic rings. The number of para-hydroxylation sites is 5. The number of benzene rings is 6. The lowest BCUT2D eigenvalue weighted by molar-refractivity contribution is 0.199. The summed E-state index contributed by atoms with van der Waals surface area (Å²) >= 11 is 0. The second-order valence-corrected chi connectivity index (χ2v) is 19.9. The van der Waals surface area contributed by atoms with Crippen LogP contribution in [0.1, 0.15) is 47.1 Å². The predicted molar refractivity (Wildman–Crippen MR) is 307 cm³/mol. The number of aliphatic hydroxyl groups is 2. The van der Waals surface area contributed by atoms with E-state index in [1.54, 1.807) is 0 Å². The fourth-order valence-electron chi connectivity index (χ4n) is 6.00.